The summed E-state index contributed by atoms with van der Waals surface area (Å²) >= 11 is 0. The molecule has 0 saturated carbocycles. The van der Waals surface area contributed by atoms with Crippen LogP contribution < -0.4 is 0 Å². The molecule has 0 amide bonds. The van der Waals surface area contributed by atoms with Crippen molar-refractivity contribution in [2.45, 2.75) is 36.3 Å². The van der Waals surface area contributed by atoms with Crippen molar-refractivity contribution in [3.63, 3.8) is 0 Å². The van der Waals surface area contributed by atoms with E-state index in [9.17, 15) is 96.6 Å². The second kappa shape index (κ2) is 9.07. The maximum Gasteiger partial charge on any atom is 0.422 e. The fraction of sp³-hybridized carbons (Fsp3) is 0.300. The van der Waals surface area contributed by atoms with Gasteiger partial charge in [-0.1, -0.05) is 0 Å². The largest absolute Gasteiger partial charge is 0.422 e. The molecule has 0 saturated heterocycles. The van der Waals surface area contributed by atoms with Gasteiger partial charge in [0.15, 0.2) is 29.1 Å². The van der Waals surface area contributed by atoms with E-state index in [0.717, 1.165) is 0 Å². The van der Waals surface area contributed by atoms with E-state index < -0.39 is 116 Å². The molecule has 0 fully saturated rings. The number of rotatable bonds is 2. The van der Waals surface area contributed by atoms with E-state index in [1.54, 1.807) is 0 Å². The molecule has 0 N–H and O–H groups in total. The molecule has 234 valence electrons. The third-order valence-electron chi connectivity index (χ3n) is 5.60. The van der Waals surface area contributed by atoms with Crippen LogP contribution in [0.15, 0.2) is 0 Å². The zero-order valence-electron chi connectivity index (χ0n) is 18.3. The summed E-state index contributed by atoms with van der Waals surface area (Å²) in [6.07, 6.45) is -20.3. The van der Waals surface area contributed by atoms with Crippen LogP contribution in [0.25, 0.3) is 11.1 Å². The molecule has 42 heavy (non-hydrogen) atoms. The van der Waals surface area contributed by atoms with Gasteiger partial charge in [-0.15, -0.1) is 0 Å². The smallest absolute Gasteiger partial charge is 0.205 e. The third-order valence-corrected chi connectivity index (χ3v) is 5.60. The summed E-state index contributed by atoms with van der Waals surface area (Å²) < 4.78 is 305. The van der Waals surface area contributed by atoms with E-state index in [0.29, 0.717) is 0 Å². The molecule has 1 aliphatic rings. The Morgan fingerprint density at radius 3 is 0.833 bits per heavy atom. The second-order valence-corrected chi connectivity index (χ2v) is 8.04. The zero-order valence-corrected chi connectivity index (χ0v) is 18.3. The molecule has 2 aromatic carbocycles. The monoisotopic (exact) mass is 658 g/mol. The normalized spacial score (nSPS) is 18.7. The maximum atomic E-state index is 14.7. The summed E-state index contributed by atoms with van der Waals surface area (Å²) in [6.45, 7) is 0. The van der Waals surface area contributed by atoms with E-state index >= 15 is 0 Å². The Bertz CT molecular complexity index is 1440. The van der Waals surface area contributed by atoms with E-state index in [4.69, 9.17) is 0 Å². The predicted molar refractivity (Wildman–Crippen MR) is 89.3 cm³/mol. The molecule has 1 aliphatic carbocycles. The minimum atomic E-state index is -7.41. The molecule has 0 radical (unpaired) electrons. The Kier molecular flexibility index (Phi) is 7.16. The van der Waals surface area contributed by atoms with Gasteiger partial charge >= 0.3 is 36.3 Å². The molecule has 0 atom stereocenters. The van der Waals surface area contributed by atoms with Crippen LogP contribution >= 0.6 is 0 Å². The molecular weight excluding hydrogens is 658 g/mol. The van der Waals surface area contributed by atoms with Crippen LogP contribution in [0.2, 0.25) is 0 Å². The lowest BCUT2D eigenvalue weighted by Gasteiger charge is -2.26. The number of hydrogen-bond donors (Lipinski definition) is 0. The highest BCUT2D eigenvalue weighted by Crippen LogP contribution is 2.66. The van der Waals surface area contributed by atoms with Gasteiger partial charge in [0.2, 0.25) is 0 Å². The van der Waals surface area contributed by atoms with Crippen LogP contribution in [0.4, 0.5) is 96.6 Å². The van der Waals surface area contributed by atoms with Gasteiger partial charge in [-0.3, -0.25) is 0 Å². The highest BCUT2D eigenvalue weighted by atomic mass is 19.4. The number of alkyl halides is 15. The number of benzene rings is 2. The molecule has 0 heterocycles. The van der Waals surface area contributed by atoms with E-state index in [2.05, 4.69) is 0 Å². The van der Waals surface area contributed by atoms with Crippen molar-refractivity contribution in [2.24, 2.45) is 0 Å². The van der Waals surface area contributed by atoms with Gasteiger partial charge in [0, 0.05) is 0 Å². The molecular formula is C20F22. The van der Waals surface area contributed by atoms with Crippen molar-refractivity contribution in [3.8, 4) is 0 Å². The number of allylic oxidation sites excluding steroid dienone is 2. The average molecular weight is 658 g/mol. The molecule has 2 aromatic rings. The summed E-state index contributed by atoms with van der Waals surface area (Å²) in [7, 11) is 0. The van der Waals surface area contributed by atoms with Gasteiger partial charge < -0.3 is 0 Å². The van der Waals surface area contributed by atoms with Crippen molar-refractivity contribution < 1.29 is 96.6 Å². The Morgan fingerprint density at radius 1 is 0.333 bits per heavy atom. The molecule has 3 rings (SSSR count). The minimum Gasteiger partial charge on any atom is -0.205 e. The standard InChI is InChI=1S/C20F22/c21-8-1(9(22)6(18(35,36)37)12(25)5(8)17(32,33)34)3-4(16(30,31)20(41,42)15(3,28)29)2-10(23)13(26)7(19(38,39)40)14(27)11(2)24. The van der Waals surface area contributed by atoms with E-state index in [1.807, 2.05) is 0 Å². The Hall–Kier alpha value is -3.36. The summed E-state index contributed by atoms with van der Waals surface area (Å²) in [6, 6.07) is 0. The van der Waals surface area contributed by atoms with Crippen LogP contribution in [0.1, 0.15) is 27.8 Å². The van der Waals surface area contributed by atoms with Gasteiger partial charge in [0.25, 0.3) is 0 Å². The molecule has 22 heteroatoms. The van der Waals surface area contributed by atoms with E-state index in [-0.39, 0.29) is 0 Å². The van der Waals surface area contributed by atoms with Gasteiger partial charge in [-0.05, 0) is 0 Å². The SMILES string of the molecule is Fc1c(F)c(C(F)(F)F)c(F)c(F)c1C1=C(c2c(F)c(C(F)(F)F)c(F)c(C(F)(F)F)c2F)C(F)(F)C(F)(F)C1(F)F. The van der Waals surface area contributed by atoms with Crippen LogP contribution in [0.5, 0.6) is 0 Å². The highest BCUT2D eigenvalue weighted by Gasteiger charge is 2.81. The summed E-state index contributed by atoms with van der Waals surface area (Å²) in [5.74, 6) is -49.8. The number of halogens is 22. The van der Waals surface area contributed by atoms with Crippen molar-refractivity contribution in [1.82, 2.24) is 0 Å². The second-order valence-electron chi connectivity index (χ2n) is 8.04. The summed E-state index contributed by atoms with van der Waals surface area (Å²) in [4.78, 5) is 0. The summed E-state index contributed by atoms with van der Waals surface area (Å²) in [5.41, 5.74) is -28.1. The minimum absolute atomic E-state index is 3.68. The molecule has 0 nitrogen and oxygen atoms in total. The fourth-order valence-electron chi connectivity index (χ4n) is 3.87. The van der Waals surface area contributed by atoms with Crippen molar-refractivity contribution in [3.05, 3.63) is 68.5 Å². The van der Waals surface area contributed by atoms with Crippen LogP contribution in [-0.4, -0.2) is 17.8 Å². The van der Waals surface area contributed by atoms with Gasteiger partial charge in [-0.25, -0.2) is 30.7 Å². The Morgan fingerprint density at radius 2 is 0.571 bits per heavy atom. The molecule has 0 bridgehead atoms. The third kappa shape index (κ3) is 4.25. The fourth-order valence-corrected chi connectivity index (χ4v) is 3.87. The van der Waals surface area contributed by atoms with Crippen molar-refractivity contribution in [2.75, 3.05) is 0 Å². The Labute approximate surface area is 213 Å². The average Bonchev–Trinajstić information content (AvgIpc) is 2.84. The van der Waals surface area contributed by atoms with Crippen LogP contribution in [-0.2, 0) is 18.5 Å². The first kappa shape index (κ1) is 33.1. The lowest BCUT2D eigenvalue weighted by Crippen LogP contribution is -2.49. The van der Waals surface area contributed by atoms with Gasteiger partial charge in [0.1, 0.15) is 28.3 Å². The quantitative estimate of drug-likeness (QED) is 0.223. The van der Waals surface area contributed by atoms with Gasteiger partial charge in [-0.2, -0.15) is 65.9 Å². The van der Waals surface area contributed by atoms with Crippen LogP contribution in [0, 0.1) is 40.7 Å². The summed E-state index contributed by atoms with van der Waals surface area (Å²) in [5, 5.41) is 0. The molecule has 0 aliphatic heterocycles. The first-order valence-corrected chi connectivity index (χ1v) is 9.66. The van der Waals surface area contributed by atoms with E-state index in [1.165, 1.54) is 0 Å². The highest BCUT2D eigenvalue weighted by molar-refractivity contribution is 6.01. The first-order valence-electron chi connectivity index (χ1n) is 9.66. The zero-order chi connectivity index (χ0) is 33.1. The lowest BCUT2D eigenvalue weighted by molar-refractivity contribution is -0.254. The Balaban J connectivity index is 2.81. The molecule has 0 unspecified atom stereocenters. The topological polar surface area (TPSA) is 0 Å². The maximum absolute atomic E-state index is 14.7. The van der Waals surface area contributed by atoms with Crippen molar-refractivity contribution >= 4 is 11.1 Å². The molecule has 0 aromatic heterocycles. The van der Waals surface area contributed by atoms with Gasteiger partial charge in [0.05, 0.1) is 22.3 Å². The number of hydrogen-bond acceptors (Lipinski definition) is 0. The lowest BCUT2D eigenvalue weighted by atomic mass is 9.89. The van der Waals surface area contributed by atoms with Crippen molar-refractivity contribution in [1.29, 1.82) is 0 Å². The molecule has 0 spiro atoms. The first-order chi connectivity index (χ1) is 18.5. The van der Waals surface area contributed by atoms with Crippen LogP contribution in [0.3, 0.4) is 0 Å². The predicted octanol–water partition coefficient (Wildman–Crippen LogP) is 9.55.